The molecule has 0 radical (unpaired) electrons. The van der Waals surface area contributed by atoms with Crippen LogP contribution in [0.2, 0.25) is 0 Å². The standard InChI is InChI=1S/C16H16N4O3S/c1-24(22,23)19-10-13-9-12(5-7-18-13)16(21)20-8-6-11-3-2-4-14(17)15(11)20/h2-9,19H,10,17H2,1H3. The fourth-order valence-corrected chi connectivity index (χ4v) is 2.85. The second-order valence-electron chi connectivity index (χ2n) is 5.41. The first-order chi connectivity index (χ1) is 11.3. The lowest BCUT2D eigenvalue weighted by molar-refractivity contribution is 0.0965. The third-order valence-electron chi connectivity index (χ3n) is 3.54. The Morgan fingerprint density at radius 1 is 1.29 bits per heavy atom. The first-order valence-corrected chi connectivity index (χ1v) is 9.04. The number of rotatable bonds is 4. The minimum absolute atomic E-state index is 0.0223. The van der Waals surface area contributed by atoms with Gasteiger partial charge in [0, 0.05) is 23.3 Å². The number of hydrogen-bond donors (Lipinski definition) is 2. The molecule has 8 heteroatoms. The molecule has 0 unspecified atom stereocenters. The molecule has 2 aromatic heterocycles. The van der Waals surface area contributed by atoms with E-state index in [0.29, 0.717) is 22.5 Å². The number of nitrogens with one attached hydrogen (secondary N) is 1. The molecule has 0 saturated carbocycles. The highest BCUT2D eigenvalue weighted by Crippen LogP contribution is 2.23. The number of fused-ring (bicyclic) bond motifs is 1. The second kappa shape index (κ2) is 6.06. The van der Waals surface area contributed by atoms with Gasteiger partial charge in [0.05, 0.1) is 29.7 Å². The predicted molar refractivity (Wildman–Crippen MR) is 92.0 cm³/mol. The van der Waals surface area contributed by atoms with Crippen LogP contribution in [-0.2, 0) is 16.6 Å². The lowest BCUT2D eigenvalue weighted by Gasteiger charge is -2.08. The average Bonchev–Trinajstić information content (AvgIpc) is 2.97. The molecule has 24 heavy (non-hydrogen) atoms. The molecule has 3 aromatic rings. The van der Waals surface area contributed by atoms with Crippen LogP contribution < -0.4 is 10.5 Å². The summed E-state index contributed by atoms with van der Waals surface area (Å²) in [6.45, 7) is 0.0223. The highest BCUT2D eigenvalue weighted by atomic mass is 32.2. The molecule has 124 valence electrons. The zero-order chi connectivity index (χ0) is 17.3. The molecule has 0 aliphatic heterocycles. The fourth-order valence-electron chi connectivity index (χ4n) is 2.44. The lowest BCUT2D eigenvalue weighted by atomic mass is 10.2. The van der Waals surface area contributed by atoms with Gasteiger partial charge in [0.15, 0.2) is 0 Å². The molecule has 1 aromatic carbocycles. The maximum Gasteiger partial charge on any atom is 0.262 e. The zero-order valence-corrected chi connectivity index (χ0v) is 13.7. The molecular weight excluding hydrogens is 328 g/mol. The number of nitrogen functional groups attached to an aromatic ring is 1. The first-order valence-electron chi connectivity index (χ1n) is 7.15. The van der Waals surface area contributed by atoms with Gasteiger partial charge in [-0.2, -0.15) is 0 Å². The van der Waals surface area contributed by atoms with E-state index in [9.17, 15) is 13.2 Å². The Hall–Kier alpha value is -2.71. The van der Waals surface area contributed by atoms with E-state index in [1.54, 1.807) is 24.4 Å². The Morgan fingerprint density at radius 2 is 2.08 bits per heavy atom. The molecule has 0 aliphatic rings. The topological polar surface area (TPSA) is 107 Å². The van der Waals surface area contributed by atoms with Crippen molar-refractivity contribution < 1.29 is 13.2 Å². The summed E-state index contributed by atoms with van der Waals surface area (Å²) in [6.07, 6.45) is 4.20. The Balaban J connectivity index is 1.95. The maximum absolute atomic E-state index is 12.8. The normalized spacial score (nSPS) is 11.7. The van der Waals surface area contributed by atoms with E-state index in [1.165, 1.54) is 10.8 Å². The monoisotopic (exact) mass is 344 g/mol. The predicted octanol–water partition coefficient (Wildman–Crippen LogP) is 1.36. The van der Waals surface area contributed by atoms with E-state index in [1.807, 2.05) is 18.2 Å². The van der Waals surface area contributed by atoms with Crippen molar-refractivity contribution in [3.63, 3.8) is 0 Å². The maximum atomic E-state index is 12.8. The SMILES string of the molecule is CS(=O)(=O)NCc1cc(C(=O)n2ccc3cccc(N)c32)ccn1. The van der Waals surface area contributed by atoms with Gasteiger partial charge in [-0.05, 0) is 24.3 Å². The summed E-state index contributed by atoms with van der Waals surface area (Å²) in [4.78, 5) is 16.8. The summed E-state index contributed by atoms with van der Waals surface area (Å²) in [5, 5.41) is 0.872. The average molecular weight is 344 g/mol. The van der Waals surface area contributed by atoms with Crippen molar-refractivity contribution in [2.75, 3.05) is 12.0 Å². The molecular formula is C16H16N4O3S. The Bertz CT molecular complexity index is 1020. The van der Waals surface area contributed by atoms with Crippen LogP contribution in [0.25, 0.3) is 10.9 Å². The molecule has 0 atom stereocenters. The van der Waals surface area contributed by atoms with Crippen LogP contribution in [0.4, 0.5) is 5.69 Å². The van der Waals surface area contributed by atoms with E-state index in [0.717, 1.165) is 11.6 Å². The van der Waals surface area contributed by atoms with E-state index >= 15 is 0 Å². The highest BCUT2D eigenvalue weighted by Gasteiger charge is 2.14. The van der Waals surface area contributed by atoms with Gasteiger partial charge >= 0.3 is 0 Å². The molecule has 3 rings (SSSR count). The Kier molecular flexibility index (Phi) is 4.08. The third kappa shape index (κ3) is 3.29. The zero-order valence-electron chi connectivity index (χ0n) is 12.9. The summed E-state index contributed by atoms with van der Waals surface area (Å²) >= 11 is 0. The summed E-state index contributed by atoms with van der Waals surface area (Å²) in [5.74, 6) is -0.258. The number of pyridine rings is 1. The fraction of sp³-hybridized carbons (Fsp3) is 0.125. The smallest absolute Gasteiger partial charge is 0.262 e. The van der Waals surface area contributed by atoms with Crippen LogP contribution in [0.3, 0.4) is 0 Å². The molecule has 3 N–H and O–H groups in total. The van der Waals surface area contributed by atoms with Gasteiger partial charge in [-0.3, -0.25) is 14.3 Å². The molecule has 2 heterocycles. The number of hydrogen-bond acceptors (Lipinski definition) is 5. The number of nitrogens with two attached hydrogens (primary N) is 1. The molecule has 0 bridgehead atoms. The van der Waals surface area contributed by atoms with Gasteiger partial charge in [-0.1, -0.05) is 12.1 Å². The van der Waals surface area contributed by atoms with Gasteiger partial charge in [-0.15, -0.1) is 0 Å². The van der Waals surface area contributed by atoms with Crippen molar-refractivity contribution in [2.24, 2.45) is 0 Å². The summed E-state index contributed by atoms with van der Waals surface area (Å²) < 4.78 is 26.2. The second-order valence-corrected chi connectivity index (χ2v) is 7.24. The number of aromatic nitrogens is 2. The number of nitrogens with zero attached hydrogens (tertiary/aromatic N) is 2. The molecule has 0 amide bonds. The van der Waals surface area contributed by atoms with E-state index < -0.39 is 10.0 Å². The Labute approximate surface area is 139 Å². The van der Waals surface area contributed by atoms with Gasteiger partial charge in [0.25, 0.3) is 5.91 Å². The number of carbonyl (C=O) groups excluding carboxylic acids is 1. The lowest BCUT2D eigenvalue weighted by Crippen LogP contribution is -2.22. The van der Waals surface area contributed by atoms with E-state index in [4.69, 9.17) is 5.73 Å². The minimum atomic E-state index is -3.33. The Morgan fingerprint density at radius 3 is 2.83 bits per heavy atom. The molecule has 0 saturated heterocycles. The summed E-state index contributed by atoms with van der Waals surface area (Å²) in [7, 11) is -3.33. The molecule has 0 aliphatic carbocycles. The van der Waals surface area contributed by atoms with Gasteiger partial charge in [0.2, 0.25) is 10.0 Å². The summed E-state index contributed by atoms with van der Waals surface area (Å²) in [5.41, 5.74) is 8.00. The number of sulfonamides is 1. The number of carbonyl (C=O) groups is 1. The van der Waals surface area contributed by atoms with Crippen LogP contribution in [0.5, 0.6) is 0 Å². The molecule has 0 spiro atoms. The van der Waals surface area contributed by atoms with Crippen molar-refractivity contribution >= 4 is 32.5 Å². The van der Waals surface area contributed by atoms with Crippen LogP contribution in [-0.4, -0.2) is 30.1 Å². The van der Waals surface area contributed by atoms with Crippen molar-refractivity contribution in [2.45, 2.75) is 6.54 Å². The van der Waals surface area contributed by atoms with Crippen LogP contribution in [0, 0.1) is 0 Å². The van der Waals surface area contributed by atoms with Gasteiger partial charge in [0.1, 0.15) is 0 Å². The van der Waals surface area contributed by atoms with Gasteiger partial charge < -0.3 is 5.73 Å². The van der Waals surface area contributed by atoms with Crippen molar-refractivity contribution in [3.05, 3.63) is 60.0 Å². The van der Waals surface area contributed by atoms with Gasteiger partial charge in [-0.25, -0.2) is 13.1 Å². The van der Waals surface area contributed by atoms with Crippen molar-refractivity contribution in [1.82, 2.24) is 14.3 Å². The van der Waals surface area contributed by atoms with Crippen molar-refractivity contribution in [1.29, 1.82) is 0 Å². The van der Waals surface area contributed by atoms with Crippen LogP contribution in [0.1, 0.15) is 16.1 Å². The number of benzene rings is 1. The van der Waals surface area contributed by atoms with Crippen LogP contribution >= 0.6 is 0 Å². The summed E-state index contributed by atoms with van der Waals surface area (Å²) in [6, 6.07) is 10.4. The molecule has 7 nitrogen and oxygen atoms in total. The highest BCUT2D eigenvalue weighted by molar-refractivity contribution is 7.88. The quantitative estimate of drug-likeness (QED) is 0.695. The third-order valence-corrected chi connectivity index (χ3v) is 4.21. The van der Waals surface area contributed by atoms with E-state index in [-0.39, 0.29) is 12.5 Å². The minimum Gasteiger partial charge on any atom is -0.397 e. The van der Waals surface area contributed by atoms with Crippen LogP contribution in [0.15, 0.2) is 48.8 Å². The number of para-hydroxylation sites is 1. The number of anilines is 1. The molecule has 0 fully saturated rings. The largest absolute Gasteiger partial charge is 0.397 e. The van der Waals surface area contributed by atoms with E-state index in [2.05, 4.69) is 9.71 Å². The van der Waals surface area contributed by atoms with Crippen molar-refractivity contribution in [3.8, 4) is 0 Å². The first kappa shape index (κ1) is 16.2.